The average molecular weight is 381 g/mol. The Morgan fingerprint density at radius 3 is 2.43 bits per heavy atom. The number of amides is 3. The molecule has 0 saturated carbocycles. The zero-order chi connectivity index (χ0) is 20.1. The van der Waals surface area contributed by atoms with Crippen molar-refractivity contribution in [3.05, 3.63) is 59.4 Å². The molecule has 148 valence electrons. The van der Waals surface area contributed by atoms with Crippen LogP contribution in [0, 0.1) is 6.92 Å². The molecule has 28 heavy (non-hydrogen) atoms. The first-order valence-electron chi connectivity index (χ1n) is 9.47. The van der Waals surface area contributed by atoms with Crippen LogP contribution < -0.4 is 10.6 Å². The van der Waals surface area contributed by atoms with Crippen molar-refractivity contribution in [2.24, 2.45) is 5.73 Å². The predicted molar refractivity (Wildman–Crippen MR) is 109 cm³/mol. The highest BCUT2D eigenvalue weighted by Crippen LogP contribution is 2.18. The van der Waals surface area contributed by atoms with E-state index in [-0.39, 0.29) is 5.91 Å². The quantitative estimate of drug-likeness (QED) is 0.860. The Balaban J connectivity index is 1.66. The SMILES string of the molecule is CC(=O)N1CCN(Cc2cccc(CN(C(N)=O)c3ccc(C)nc3)c2)CC1. The van der Waals surface area contributed by atoms with Gasteiger partial charge in [0.25, 0.3) is 0 Å². The van der Waals surface area contributed by atoms with Gasteiger partial charge in [-0.15, -0.1) is 0 Å². The van der Waals surface area contributed by atoms with Gasteiger partial charge in [-0.3, -0.25) is 19.6 Å². The van der Waals surface area contributed by atoms with Crippen LogP contribution >= 0.6 is 0 Å². The van der Waals surface area contributed by atoms with E-state index in [2.05, 4.69) is 22.0 Å². The number of nitrogens with two attached hydrogens (primary N) is 1. The van der Waals surface area contributed by atoms with Gasteiger partial charge in [-0.2, -0.15) is 0 Å². The summed E-state index contributed by atoms with van der Waals surface area (Å²) >= 11 is 0. The molecule has 0 unspecified atom stereocenters. The highest BCUT2D eigenvalue weighted by molar-refractivity contribution is 5.90. The Kier molecular flexibility index (Phi) is 6.26. The van der Waals surface area contributed by atoms with Crippen LogP contribution in [-0.4, -0.2) is 52.9 Å². The summed E-state index contributed by atoms with van der Waals surface area (Å²) in [6.07, 6.45) is 1.67. The van der Waals surface area contributed by atoms with Crippen LogP contribution in [-0.2, 0) is 17.9 Å². The minimum absolute atomic E-state index is 0.138. The Labute approximate surface area is 165 Å². The van der Waals surface area contributed by atoms with Crippen LogP contribution in [0.25, 0.3) is 0 Å². The fraction of sp³-hybridized carbons (Fsp3) is 0.381. The Bertz CT molecular complexity index is 829. The van der Waals surface area contributed by atoms with Crippen LogP contribution in [0.2, 0.25) is 0 Å². The number of primary amides is 1. The molecule has 7 nitrogen and oxygen atoms in total. The van der Waals surface area contributed by atoms with Crippen molar-refractivity contribution < 1.29 is 9.59 Å². The van der Waals surface area contributed by atoms with Gasteiger partial charge in [-0.25, -0.2) is 4.79 Å². The van der Waals surface area contributed by atoms with Crippen molar-refractivity contribution in [1.29, 1.82) is 0 Å². The summed E-state index contributed by atoms with van der Waals surface area (Å²) < 4.78 is 0. The topological polar surface area (TPSA) is 82.8 Å². The fourth-order valence-electron chi connectivity index (χ4n) is 3.40. The normalized spacial score (nSPS) is 14.7. The van der Waals surface area contributed by atoms with Crippen LogP contribution in [0.15, 0.2) is 42.6 Å². The molecule has 7 heteroatoms. The second-order valence-electron chi connectivity index (χ2n) is 7.18. The van der Waals surface area contributed by atoms with E-state index in [1.807, 2.05) is 36.1 Å². The van der Waals surface area contributed by atoms with E-state index in [0.717, 1.165) is 44.0 Å². The monoisotopic (exact) mass is 381 g/mol. The van der Waals surface area contributed by atoms with E-state index in [4.69, 9.17) is 5.73 Å². The lowest BCUT2D eigenvalue weighted by molar-refractivity contribution is -0.130. The molecular formula is C21H27N5O2. The average Bonchev–Trinajstić information content (AvgIpc) is 2.67. The highest BCUT2D eigenvalue weighted by Gasteiger charge is 2.19. The number of hydrogen-bond donors (Lipinski definition) is 1. The van der Waals surface area contributed by atoms with Crippen LogP contribution in [0.4, 0.5) is 10.5 Å². The molecule has 3 amide bonds. The largest absolute Gasteiger partial charge is 0.351 e. The smallest absolute Gasteiger partial charge is 0.319 e. The number of hydrogen-bond acceptors (Lipinski definition) is 4. The minimum atomic E-state index is -0.503. The van der Waals surface area contributed by atoms with E-state index >= 15 is 0 Å². The molecule has 3 rings (SSSR count). The van der Waals surface area contributed by atoms with Gasteiger partial charge in [0.2, 0.25) is 5.91 Å². The van der Waals surface area contributed by atoms with E-state index < -0.39 is 6.03 Å². The lowest BCUT2D eigenvalue weighted by atomic mass is 10.1. The van der Waals surface area contributed by atoms with Crippen molar-refractivity contribution >= 4 is 17.6 Å². The molecule has 0 aliphatic carbocycles. The summed E-state index contributed by atoms with van der Waals surface area (Å²) in [5.74, 6) is 0.138. The van der Waals surface area contributed by atoms with E-state index in [0.29, 0.717) is 12.2 Å². The molecule has 2 N–H and O–H groups in total. The van der Waals surface area contributed by atoms with Gasteiger partial charge < -0.3 is 10.6 Å². The third kappa shape index (κ3) is 5.07. The van der Waals surface area contributed by atoms with E-state index in [9.17, 15) is 9.59 Å². The number of carbonyl (C=O) groups excluding carboxylic acids is 2. The molecule has 0 atom stereocenters. The summed E-state index contributed by atoms with van der Waals surface area (Å²) in [5, 5.41) is 0. The summed E-state index contributed by atoms with van der Waals surface area (Å²) in [6, 6.07) is 11.4. The first-order chi connectivity index (χ1) is 13.4. The number of rotatable bonds is 5. The van der Waals surface area contributed by atoms with Crippen molar-refractivity contribution in [3.8, 4) is 0 Å². The van der Waals surface area contributed by atoms with Gasteiger partial charge in [-0.1, -0.05) is 24.3 Å². The highest BCUT2D eigenvalue weighted by atomic mass is 16.2. The van der Waals surface area contributed by atoms with Gasteiger partial charge in [0.1, 0.15) is 0 Å². The molecule has 2 aromatic rings. The Morgan fingerprint density at radius 2 is 1.82 bits per heavy atom. The lowest BCUT2D eigenvalue weighted by Crippen LogP contribution is -2.47. The van der Waals surface area contributed by atoms with Gasteiger partial charge in [0.05, 0.1) is 18.4 Å². The number of aryl methyl sites for hydroxylation is 1. The lowest BCUT2D eigenvalue weighted by Gasteiger charge is -2.34. The second kappa shape index (κ2) is 8.84. The number of pyridine rings is 1. The predicted octanol–water partition coefficient (Wildman–Crippen LogP) is 2.14. The number of piperazine rings is 1. The maximum absolute atomic E-state index is 12.0. The molecule has 1 aromatic carbocycles. The molecule has 0 spiro atoms. The number of nitrogens with zero attached hydrogens (tertiary/aromatic N) is 4. The summed E-state index contributed by atoms with van der Waals surface area (Å²) in [5.41, 5.74) is 9.37. The molecular weight excluding hydrogens is 354 g/mol. The maximum atomic E-state index is 12.0. The summed E-state index contributed by atoms with van der Waals surface area (Å²) in [6.45, 7) is 8.01. The van der Waals surface area contributed by atoms with Crippen LogP contribution in [0.5, 0.6) is 0 Å². The first kappa shape index (κ1) is 19.8. The van der Waals surface area contributed by atoms with Crippen molar-refractivity contribution in [2.45, 2.75) is 26.9 Å². The van der Waals surface area contributed by atoms with Crippen molar-refractivity contribution in [1.82, 2.24) is 14.8 Å². The van der Waals surface area contributed by atoms with Gasteiger partial charge in [-0.05, 0) is 30.2 Å². The third-order valence-corrected chi connectivity index (χ3v) is 5.03. The molecule has 1 fully saturated rings. The number of carbonyl (C=O) groups is 2. The number of urea groups is 1. The number of aromatic nitrogens is 1. The summed E-state index contributed by atoms with van der Waals surface area (Å²) in [4.78, 5) is 33.4. The van der Waals surface area contributed by atoms with Gasteiger partial charge in [0.15, 0.2) is 0 Å². The molecule has 1 saturated heterocycles. The fourth-order valence-corrected chi connectivity index (χ4v) is 3.40. The number of benzene rings is 1. The molecule has 0 bridgehead atoms. The zero-order valence-corrected chi connectivity index (χ0v) is 16.5. The zero-order valence-electron chi connectivity index (χ0n) is 16.5. The Morgan fingerprint density at radius 1 is 1.11 bits per heavy atom. The molecule has 1 aromatic heterocycles. The first-order valence-corrected chi connectivity index (χ1v) is 9.47. The van der Waals surface area contributed by atoms with E-state index in [1.165, 1.54) is 10.5 Å². The second-order valence-corrected chi connectivity index (χ2v) is 7.18. The molecule has 0 radical (unpaired) electrons. The molecule has 1 aliphatic heterocycles. The minimum Gasteiger partial charge on any atom is -0.351 e. The molecule has 1 aliphatic rings. The third-order valence-electron chi connectivity index (χ3n) is 5.03. The van der Waals surface area contributed by atoms with Gasteiger partial charge >= 0.3 is 6.03 Å². The van der Waals surface area contributed by atoms with Crippen molar-refractivity contribution in [3.63, 3.8) is 0 Å². The van der Waals surface area contributed by atoms with Crippen molar-refractivity contribution in [2.75, 3.05) is 31.1 Å². The van der Waals surface area contributed by atoms with Crippen LogP contribution in [0.1, 0.15) is 23.7 Å². The van der Waals surface area contributed by atoms with Gasteiger partial charge in [0, 0.05) is 45.3 Å². The van der Waals surface area contributed by atoms with Crippen LogP contribution in [0.3, 0.4) is 0 Å². The summed E-state index contributed by atoms with van der Waals surface area (Å²) in [7, 11) is 0. The standard InChI is InChI=1S/C21H27N5O2/c1-16-6-7-20(13-23-16)26(21(22)28)15-19-5-3-4-18(12-19)14-24-8-10-25(11-9-24)17(2)27/h3-7,12-13H,8-11,14-15H2,1-2H3,(H2,22,28). The maximum Gasteiger partial charge on any atom is 0.319 e. The Hall–Kier alpha value is -2.93. The van der Waals surface area contributed by atoms with E-state index in [1.54, 1.807) is 13.1 Å². The number of anilines is 1. The molecule has 2 heterocycles.